The summed E-state index contributed by atoms with van der Waals surface area (Å²) in [6, 6.07) is 9.79. The number of hydrogen-bond donors (Lipinski definition) is 0. The highest BCUT2D eigenvalue weighted by molar-refractivity contribution is 7.99. The molecule has 0 saturated carbocycles. The summed E-state index contributed by atoms with van der Waals surface area (Å²) in [7, 11) is 2.45. The topological polar surface area (TPSA) is 112 Å². The number of nitrogens with zero attached hydrogens (tertiary/aromatic N) is 3. The Morgan fingerprint density at radius 2 is 1.77 bits per heavy atom. The Bertz CT molecular complexity index is 1110. The summed E-state index contributed by atoms with van der Waals surface area (Å²) in [5.74, 6) is -1.39. The third-order valence-electron chi connectivity index (χ3n) is 4.17. The molecule has 31 heavy (non-hydrogen) atoms. The molecule has 2 aromatic rings. The van der Waals surface area contributed by atoms with Crippen molar-refractivity contribution >= 4 is 35.1 Å². The van der Waals surface area contributed by atoms with Crippen LogP contribution in [-0.4, -0.2) is 36.1 Å². The molecule has 0 atom stereocenters. The molecule has 0 bridgehead atoms. The van der Waals surface area contributed by atoms with Crippen LogP contribution in [0.3, 0.4) is 0 Å². The number of ether oxygens (including phenoxy) is 2. The molecular formula is C21H17N3O6S. The molecule has 0 saturated heterocycles. The van der Waals surface area contributed by atoms with E-state index >= 15 is 0 Å². The number of benzene rings is 1. The maximum absolute atomic E-state index is 12.5. The Kier molecular flexibility index (Phi) is 6.83. The van der Waals surface area contributed by atoms with Gasteiger partial charge in [0.05, 0.1) is 24.7 Å². The van der Waals surface area contributed by atoms with Gasteiger partial charge in [0, 0.05) is 29.0 Å². The zero-order chi connectivity index (χ0) is 22.4. The van der Waals surface area contributed by atoms with E-state index in [1.807, 2.05) is 0 Å². The molecule has 0 fully saturated rings. The van der Waals surface area contributed by atoms with Crippen molar-refractivity contribution in [2.24, 2.45) is 0 Å². The second-order valence-corrected chi connectivity index (χ2v) is 7.06. The van der Waals surface area contributed by atoms with E-state index in [-0.39, 0.29) is 22.0 Å². The fourth-order valence-corrected chi connectivity index (χ4v) is 3.61. The molecule has 1 aliphatic heterocycles. The lowest BCUT2D eigenvalue weighted by molar-refractivity contribution is -0.388. The number of pyridine rings is 1. The van der Waals surface area contributed by atoms with E-state index in [4.69, 9.17) is 9.47 Å². The zero-order valence-electron chi connectivity index (χ0n) is 16.6. The van der Waals surface area contributed by atoms with Gasteiger partial charge in [0.25, 0.3) is 0 Å². The standard InChI is InChI=1S/C21H17N3O6S/c1-29-20(25)16-6-3-4-13-23(18(16)21(26)30-2)14-8-10-15(11-9-14)31-19-17(24(27)28)7-5-12-22-19/h3-13H,1-2H3. The average Bonchev–Trinajstić information content (AvgIpc) is 3.02. The summed E-state index contributed by atoms with van der Waals surface area (Å²) >= 11 is 1.14. The molecule has 1 aromatic heterocycles. The van der Waals surface area contributed by atoms with Crippen molar-refractivity contribution in [2.75, 3.05) is 19.1 Å². The number of rotatable bonds is 6. The predicted octanol–water partition coefficient (Wildman–Crippen LogP) is 3.63. The van der Waals surface area contributed by atoms with Gasteiger partial charge in [-0.25, -0.2) is 14.6 Å². The van der Waals surface area contributed by atoms with Crippen LogP contribution in [0.15, 0.2) is 88.2 Å². The van der Waals surface area contributed by atoms with Crippen LogP contribution >= 0.6 is 11.8 Å². The van der Waals surface area contributed by atoms with E-state index in [0.717, 1.165) is 11.8 Å². The van der Waals surface area contributed by atoms with Gasteiger partial charge in [-0.15, -0.1) is 0 Å². The highest BCUT2D eigenvalue weighted by Crippen LogP contribution is 2.34. The first kappa shape index (κ1) is 21.8. The Balaban J connectivity index is 1.96. The molecule has 0 unspecified atom stereocenters. The van der Waals surface area contributed by atoms with E-state index < -0.39 is 16.9 Å². The van der Waals surface area contributed by atoms with Gasteiger partial charge in [-0.3, -0.25) is 10.1 Å². The van der Waals surface area contributed by atoms with Crippen LogP contribution in [0.4, 0.5) is 11.4 Å². The summed E-state index contributed by atoms with van der Waals surface area (Å²) < 4.78 is 9.66. The first-order chi connectivity index (χ1) is 15.0. The number of allylic oxidation sites excluding steroid dienone is 2. The van der Waals surface area contributed by atoms with Gasteiger partial charge in [0.2, 0.25) is 0 Å². The van der Waals surface area contributed by atoms with Crippen LogP contribution in [0, 0.1) is 10.1 Å². The molecular weight excluding hydrogens is 422 g/mol. The number of aromatic nitrogens is 1. The largest absolute Gasteiger partial charge is 0.465 e. The lowest BCUT2D eigenvalue weighted by Crippen LogP contribution is -2.26. The van der Waals surface area contributed by atoms with Crippen LogP contribution in [0.25, 0.3) is 0 Å². The van der Waals surface area contributed by atoms with E-state index in [9.17, 15) is 19.7 Å². The molecule has 0 N–H and O–H groups in total. The molecule has 0 amide bonds. The van der Waals surface area contributed by atoms with Crippen molar-refractivity contribution in [1.82, 2.24) is 4.98 Å². The van der Waals surface area contributed by atoms with Gasteiger partial charge in [0.1, 0.15) is 5.70 Å². The summed E-state index contributed by atoms with van der Waals surface area (Å²) in [5.41, 5.74) is 0.528. The lowest BCUT2D eigenvalue weighted by Gasteiger charge is -2.23. The Morgan fingerprint density at radius 3 is 2.42 bits per heavy atom. The molecule has 0 aliphatic carbocycles. The minimum Gasteiger partial charge on any atom is -0.465 e. The Labute approximate surface area is 181 Å². The maximum atomic E-state index is 12.5. The van der Waals surface area contributed by atoms with Crippen LogP contribution in [0.2, 0.25) is 0 Å². The molecule has 3 rings (SSSR count). The first-order valence-corrected chi connectivity index (χ1v) is 9.70. The molecule has 0 radical (unpaired) electrons. The van der Waals surface area contributed by atoms with Crippen LogP contribution in [0.5, 0.6) is 0 Å². The fourth-order valence-electron chi connectivity index (χ4n) is 2.75. The molecule has 2 heterocycles. The predicted molar refractivity (Wildman–Crippen MR) is 113 cm³/mol. The summed E-state index contributed by atoms with van der Waals surface area (Å²) in [6.07, 6.45) is 7.85. The van der Waals surface area contributed by atoms with Crippen molar-refractivity contribution in [3.63, 3.8) is 0 Å². The van der Waals surface area contributed by atoms with Crippen molar-refractivity contribution < 1.29 is 24.0 Å². The first-order valence-electron chi connectivity index (χ1n) is 8.88. The third kappa shape index (κ3) is 4.81. The number of methoxy groups -OCH3 is 2. The number of anilines is 1. The molecule has 1 aromatic carbocycles. The number of esters is 2. The summed E-state index contributed by atoms with van der Waals surface area (Å²) in [6.45, 7) is 0. The molecule has 9 nitrogen and oxygen atoms in total. The maximum Gasteiger partial charge on any atom is 0.355 e. The van der Waals surface area contributed by atoms with Crippen molar-refractivity contribution in [2.45, 2.75) is 9.92 Å². The normalized spacial score (nSPS) is 13.0. The minimum atomic E-state index is -0.709. The lowest BCUT2D eigenvalue weighted by atomic mass is 10.1. The molecule has 158 valence electrons. The Hall–Kier alpha value is -3.92. The smallest absolute Gasteiger partial charge is 0.355 e. The van der Waals surface area contributed by atoms with E-state index in [0.29, 0.717) is 10.6 Å². The highest BCUT2D eigenvalue weighted by atomic mass is 32.2. The second-order valence-electron chi connectivity index (χ2n) is 6.00. The highest BCUT2D eigenvalue weighted by Gasteiger charge is 2.27. The average molecular weight is 439 g/mol. The fraction of sp³-hybridized carbons (Fsp3) is 0.0952. The van der Waals surface area contributed by atoms with Crippen LogP contribution in [-0.2, 0) is 19.1 Å². The van der Waals surface area contributed by atoms with Crippen LogP contribution < -0.4 is 4.90 Å². The second kappa shape index (κ2) is 9.72. The Morgan fingerprint density at radius 1 is 1.06 bits per heavy atom. The number of hydrogen-bond acceptors (Lipinski definition) is 9. The monoisotopic (exact) mass is 439 g/mol. The summed E-state index contributed by atoms with van der Waals surface area (Å²) in [4.78, 5) is 41.7. The van der Waals surface area contributed by atoms with Gasteiger partial charge >= 0.3 is 17.6 Å². The number of carbonyl (C=O) groups is 2. The third-order valence-corrected chi connectivity index (χ3v) is 5.18. The van der Waals surface area contributed by atoms with Gasteiger partial charge < -0.3 is 14.4 Å². The minimum absolute atomic E-state index is 0.000108. The molecule has 0 spiro atoms. The number of nitro groups is 1. The van der Waals surface area contributed by atoms with Gasteiger partial charge in [-0.05, 0) is 42.5 Å². The van der Waals surface area contributed by atoms with Crippen molar-refractivity contribution in [1.29, 1.82) is 0 Å². The van der Waals surface area contributed by atoms with E-state index in [2.05, 4.69) is 4.98 Å². The van der Waals surface area contributed by atoms with E-state index in [1.165, 1.54) is 43.5 Å². The zero-order valence-corrected chi connectivity index (χ0v) is 17.4. The van der Waals surface area contributed by atoms with Gasteiger partial charge in [0.15, 0.2) is 5.03 Å². The SMILES string of the molecule is COC(=O)C1=C(C(=O)OC)N(c2ccc(Sc3ncccc3[N+](=O)[O-])cc2)C=CC=C1. The van der Waals surface area contributed by atoms with Gasteiger partial charge in [-0.1, -0.05) is 17.8 Å². The molecule has 1 aliphatic rings. The van der Waals surface area contributed by atoms with Crippen LogP contribution in [0.1, 0.15) is 0 Å². The van der Waals surface area contributed by atoms with E-state index in [1.54, 1.807) is 42.6 Å². The quantitative estimate of drug-likeness (QED) is 0.378. The van der Waals surface area contributed by atoms with Gasteiger partial charge in [-0.2, -0.15) is 0 Å². The number of carbonyl (C=O) groups excluding carboxylic acids is 2. The molecule has 10 heteroatoms. The van der Waals surface area contributed by atoms with Crippen molar-refractivity contribution in [3.05, 3.63) is 88.4 Å². The van der Waals surface area contributed by atoms with Crippen molar-refractivity contribution in [3.8, 4) is 0 Å². The summed E-state index contributed by atoms with van der Waals surface area (Å²) in [5, 5.41) is 11.5.